The number of amides is 2. The number of hydrogen-bond acceptors (Lipinski definition) is 2. The monoisotopic (exact) mass is 408 g/mol. The lowest BCUT2D eigenvalue weighted by atomic mass is 9.90. The van der Waals surface area contributed by atoms with Gasteiger partial charge in [-0.1, -0.05) is 42.5 Å². The Bertz CT molecular complexity index is 858. The third kappa shape index (κ3) is 6.42. The molecule has 5 heteroatoms. The van der Waals surface area contributed by atoms with Gasteiger partial charge in [-0.05, 0) is 61.8 Å². The van der Waals surface area contributed by atoms with Gasteiger partial charge in [0, 0.05) is 12.7 Å². The molecule has 1 heterocycles. The van der Waals surface area contributed by atoms with Crippen molar-refractivity contribution in [3.8, 4) is 0 Å². The third-order valence-corrected chi connectivity index (χ3v) is 6.05. The van der Waals surface area contributed by atoms with Crippen molar-refractivity contribution in [1.29, 1.82) is 0 Å². The van der Waals surface area contributed by atoms with E-state index in [0.29, 0.717) is 12.5 Å². The number of nitrogens with one attached hydrogen (secondary N) is 2. The molecule has 0 aliphatic carbocycles. The summed E-state index contributed by atoms with van der Waals surface area (Å²) in [6.45, 7) is 6.55. The summed E-state index contributed by atoms with van der Waals surface area (Å²) in [4.78, 5) is 27.9. The van der Waals surface area contributed by atoms with Crippen LogP contribution in [0.25, 0.3) is 0 Å². The van der Waals surface area contributed by atoms with Crippen molar-refractivity contribution >= 4 is 17.5 Å². The maximum absolute atomic E-state index is 12.6. The number of hydrogen-bond donors (Lipinski definition) is 2. The molecule has 1 saturated heterocycles. The van der Waals surface area contributed by atoms with Gasteiger partial charge in [0.25, 0.3) is 5.91 Å². The van der Waals surface area contributed by atoms with Gasteiger partial charge in [-0.2, -0.15) is 0 Å². The van der Waals surface area contributed by atoms with Crippen LogP contribution in [0, 0.1) is 19.8 Å². The predicted molar refractivity (Wildman–Crippen MR) is 121 cm³/mol. The minimum Gasteiger partial charge on any atom is -0.332 e. The minimum atomic E-state index is -0.156. The van der Waals surface area contributed by atoms with Crippen LogP contribution >= 0.6 is 0 Å². The highest BCUT2D eigenvalue weighted by molar-refractivity contribution is 5.95. The van der Waals surface area contributed by atoms with Crippen LogP contribution in [0.5, 0.6) is 0 Å². The molecule has 1 aliphatic rings. The van der Waals surface area contributed by atoms with Gasteiger partial charge in [0.05, 0.1) is 19.6 Å². The quantitative estimate of drug-likeness (QED) is 0.738. The van der Waals surface area contributed by atoms with Gasteiger partial charge < -0.3 is 15.1 Å². The molecule has 0 radical (unpaired) electrons. The van der Waals surface area contributed by atoms with Crippen LogP contribution in [0.2, 0.25) is 0 Å². The lowest BCUT2D eigenvalue weighted by molar-refractivity contribution is -0.898. The standard InChI is InChI=1S/C25H33N3O2/c1-19-9-10-20(2)23(15-19)26-24(29)17-27(3)25(30)18-28-13-11-22(12-14-28)16-21-7-5-4-6-8-21/h4-10,15,22H,11-14,16-18H2,1-3H3,(H,26,29)/p+1. The summed E-state index contributed by atoms with van der Waals surface area (Å²) in [7, 11) is 1.71. The normalized spacial score (nSPS) is 18.6. The van der Waals surface area contributed by atoms with E-state index in [9.17, 15) is 9.59 Å². The van der Waals surface area contributed by atoms with Crippen molar-refractivity contribution < 1.29 is 14.5 Å². The van der Waals surface area contributed by atoms with E-state index in [1.54, 1.807) is 11.9 Å². The number of nitrogens with zero attached hydrogens (tertiary/aromatic N) is 1. The van der Waals surface area contributed by atoms with E-state index in [1.807, 2.05) is 32.0 Å². The molecule has 1 fully saturated rings. The van der Waals surface area contributed by atoms with Gasteiger partial charge >= 0.3 is 0 Å². The Morgan fingerprint density at radius 2 is 1.77 bits per heavy atom. The Kier molecular flexibility index (Phi) is 7.63. The van der Waals surface area contributed by atoms with Gasteiger partial charge in [0.15, 0.2) is 6.54 Å². The minimum absolute atomic E-state index is 0.0302. The first kappa shape index (κ1) is 22.0. The molecule has 2 N–H and O–H groups in total. The fourth-order valence-corrected chi connectivity index (χ4v) is 4.13. The zero-order valence-corrected chi connectivity index (χ0v) is 18.4. The molecule has 2 aromatic rings. The first-order valence-electron chi connectivity index (χ1n) is 10.9. The maximum Gasteiger partial charge on any atom is 0.277 e. The van der Waals surface area contributed by atoms with Gasteiger partial charge in [-0.25, -0.2) is 0 Å². The highest BCUT2D eigenvalue weighted by Crippen LogP contribution is 2.17. The van der Waals surface area contributed by atoms with E-state index >= 15 is 0 Å². The number of benzene rings is 2. The van der Waals surface area contributed by atoms with Crippen LogP contribution in [0.3, 0.4) is 0 Å². The zero-order chi connectivity index (χ0) is 21.5. The highest BCUT2D eigenvalue weighted by Gasteiger charge is 2.25. The van der Waals surface area contributed by atoms with Crippen LogP contribution in [0.4, 0.5) is 5.69 Å². The predicted octanol–water partition coefficient (Wildman–Crippen LogP) is 2.24. The molecule has 0 atom stereocenters. The van der Waals surface area contributed by atoms with Gasteiger partial charge in [0.2, 0.25) is 5.91 Å². The number of quaternary nitrogens is 1. The van der Waals surface area contributed by atoms with E-state index in [1.165, 1.54) is 10.5 Å². The first-order chi connectivity index (χ1) is 14.4. The van der Waals surface area contributed by atoms with Crippen LogP contribution in [-0.2, 0) is 16.0 Å². The van der Waals surface area contributed by atoms with E-state index in [-0.39, 0.29) is 18.4 Å². The van der Waals surface area contributed by atoms with E-state index in [4.69, 9.17) is 0 Å². The van der Waals surface area contributed by atoms with Gasteiger partial charge in [-0.3, -0.25) is 9.59 Å². The summed E-state index contributed by atoms with van der Waals surface area (Å²) in [5.74, 6) is 0.575. The second-order valence-electron chi connectivity index (χ2n) is 8.68. The Hall–Kier alpha value is -2.66. The van der Waals surface area contributed by atoms with E-state index in [0.717, 1.165) is 49.2 Å². The zero-order valence-electron chi connectivity index (χ0n) is 18.4. The van der Waals surface area contributed by atoms with Crippen LogP contribution in [0.15, 0.2) is 48.5 Å². The summed E-state index contributed by atoms with van der Waals surface area (Å²) in [6, 6.07) is 16.6. The van der Waals surface area contributed by atoms with Crippen molar-refractivity contribution in [2.45, 2.75) is 33.1 Å². The summed E-state index contributed by atoms with van der Waals surface area (Å²) in [5, 5.41) is 2.93. The summed E-state index contributed by atoms with van der Waals surface area (Å²) >= 11 is 0. The molecule has 3 rings (SSSR count). The fraction of sp³-hybridized carbons (Fsp3) is 0.440. The molecule has 0 saturated carbocycles. The number of anilines is 1. The maximum atomic E-state index is 12.6. The van der Waals surface area contributed by atoms with Crippen LogP contribution in [-0.4, -0.2) is 49.9 Å². The fourth-order valence-electron chi connectivity index (χ4n) is 4.13. The Morgan fingerprint density at radius 1 is 1.07 bits per heavy atom. The highest BCUT2D eigenvalue weighted by atomic mass is 16.2. The molecule has 0 unspecified atom stereocenters. The Labute approximate surface area is 180 Å². The number of carbonyl (C=O) groups is 2. The van der Waals surface area contributed by atoms with Crippen molar-refractivity contribution in [2.24, 2.45) is 5.92 Å². The summed E-state index contributed by atoms with van der Waals surface area (Å²) in [6.07, 6.45) is 3.42. The Balaban J connectivity index is 1.41. The summed E-state index contributed by atoms with van der Waals surface area (Å²) in [5.41, 5.74) is 4.33. The molecule has 1 aliphatic heterocycles. The van der Waals surface area contributed by atoms with Crippen molar-refractivity contribution in [3.05, 3.63) is 65.2 Å². The number of piperidine rings is 1. The van der Waals surface area contributed by atoms with Crippen molar-refractivity contribution in [3.63, 3.8) is 0 Å². The molecule has 30 heavy (non-hydrogen) atoms. The molecule has 0 aromatic heterocycles. The molecular formula is C25H34N3O2+. The topological polar surface area (TPSA) is 53.9 Å². The lowest BCUT2D eigenvalue weighted by Crippen LogP contribution is -3.14. The van der Waals surface area contributed by atoms with E-state index < -0.39 is 0 Å². The lowest BCUT2D eigenvalue weighted by Gasteiger charge is -2.30. The number of likely N-dealkylation sites (tertiary alicyclic amines) is 1. The second-order valence-corrected chi connectivity index (χ2v) is 8.68. The first-order valence-corrected chi connectivity index (χ1v) is 10.9. The number of likely N-dealkylation sites (N-methyl/N-ethyl adjacent to an activating group) is 1. The average molecular weight is 409 g/mol. The Morgan fingerprint density at radius 3 is 2.47 bits per heavy atom. The van der Waals surface area contributed by atoms with Crippen molar-refractivity contribution in [1.82, 2.24) is 4.90 Å². The molecule has 0 spiro atoms. The largest absolute Gasteiger partial charge is 0.332 e. The van der Waals surface area contributed by atoms with Crippen LogP contribution < -0.4 is 10.2 Å². The van der Waals surface area contributed by atoms with Crippen molar-refractivity contribution in [2.75, 3.05) is 38.5 Å². The van der Waals surface area contributed by atoms with Gasteiger partial charge in [0.1, 0.15) is 0 Å². The molecular weight excluding hydrogens is 374 g/mol. The third-order valence-electron chi connectivity index (χ3n) is 6.05. The molecule has 5 nitrogen and oxygen atoms in total. The number of aryl methyl sites for hydroxylation is 2. The van der Waals surface area contributed by atoms with Gasteiger partial charge in [-0.15, -0.1) is 0 Å². The van der Waals surface area contributed by atoms with Crippen LogP contribution in [0.1, 0.15) is 29.5 Å². The molecule has 2 amide bonds. The molecule has 0 bridgehead atoms. The molecule has 2 aromatic carbocycles. The smallest absolute Gasteiger partial charge is 0.277 e. The number of rotatable bonds is 7. The SMILES string of the molecule is Cc1ccc(C)c(NC(=O)CN(C)C(=O)C[NH+]2CCC(Cc3ccccc3)CC2)c1. The molecule has 160 valence electrons. The second kappa shape index (κ2) is 10.4. The summed E-state index contributed by atoms with van der Waals surface area (Å²) < 4.78 is 0. The number of carbonyl (C=O) groups excluding carboxylic acids is 2. The average Bonchev–Trinajstić information content (AvgIpc) is 2.73. The van der Waals surface area contributed by atoms with E-state index in [2.05, 4.69) is 35.6 Å².